The normalized spacial score (nSPS) is 19.2. The van der Waals surface area contributed by atoms with Gasteiger partial charge in [-0.25, -0.2) is 0 Å². The van der Waals surface area contributed by atoms with Crippen LogP contribution in [0.1, 0.15) is 40.4 Å². The first-order valence-electron chi connectivity index (χ1n) is 8.81. The number of hydrogen-bond donors (Lipinski definition) is 0. The standard InChI is InChI=1S/C20H18F3NO3/c21-20(22,23)15-6-3-13(4-7-15)19(25)24-9-1-2-16(24)14-5-8-17-18(12-14)27-11-10-26-17/h3-8,12,16H,1-2,9-11H2/t16-/m0/s1. The van der Waals surface area contributed by atoms with Gasteiger partial charge in [-0.1, -0.05) is 6.07 Å². The predicted molar refractivity (Wildman–Crippen MR) is 91.9 cm³/mol. The van der Waals surface area contributed by atoms with E-state index in [1.165, 1.54) is 12.1 Å². The predicted octanol–water partition coefficient (Wildman–Crippen LogP) is 4.45. The summed E-state index contributed by atoms with van der Waals surface area (Å²) in [7, 11) is 0. The van der Waals surface area contributed by atoms with Crippen molar-refractivity contribution in [1.29, 1.82) is 0 Å². The van der Waals surface area contributed by atoms with Gasteiger partial charge in [-0.15, -0.1) is 0 Å². The molecule has 0 aliphatic carbocycles. The maximum atomic E-state index is 12.9. The smallest absolute Gasteiger partial charge is 0.416 e. The number of amides is 1. The number of halogens is 3. The number of carbonyl (C=O) groups is 1. The van der Waals surface area contributed by atoms with E-state index in [9.17, 15) is 18.0 Å². The van der Waals surface area contributed by atoms with Gasteiger partial charge in [0, 0.05) is 12.1 Å². The van der Waals surface area contributed by atoms with Gasteiger partial charge in [-0.3, -0.25) is 4.79 Å². The van der Waals surface area contributed by atoms with Crippen molar-refractivity contribution >= 4 is 5.91 Å². The first-order chi connectivity index (χ1) is 12.9. The van der Waals surface area contributed by atoms with Crippen LogP contribution in [0.5, 0.6) is 11.5 Å². The molecule has 27 heavy (non-hydrogen) atoms. The van der Waals surface area contributed by atoms with E-state index in [-0.39, 0.29) is 17.5 Å². The van der Waals surface area contributed by atoms with E-state index in [1.807, 2.05) is 18.2 Å². The number of nitrogens with zero attached hydrogens (tertiary/aromatic N) is 1. The van der Waals surface area contributed by atoms with Crippen molar-refractivity contribution < 1.29 is 27.4 Å². The lowest BCUT2D eigenvalue weighted by molar-refractivity contribution is -0.137. The lowest BCUT2D eigenvalue weighted by Gasteiger charge is -2.27. The number of ether oxygens (including phenoxy) is 2. The highest BCUT2D eigenvalue weighted by atomic mass is 19.4. The second kappa shape index (κ2) is 6.79. The van der Waals surface area contributed by atoms with Crippen molar-refractivity contribution in [2.45, 2.75) is 25.1 Å². The summed E-state index contributed by atoms with van der Waals surface area (Å²) in [5.41, 5.74) is 0.438. The molecule has 2 aliphatic heterocycles. The van der Waals surface area contributed by atoms with Crippen LogP contribution in [0.15, 0.2) is 42.5 Å². The van der Waals surface area contributed by atoms with E-state index in [0.29, 0.717) is 31.3 Å². The minimum atomic E-state index is -4.41. The maximum absolute atomic E-state index is 12.9. The first kappa shape index (κ1) is 17.7. The molecule has 1 saturated heterocycles. The Labute approximate surface area is 154 Å². The minimum Gasteiger partial charge on any atom is -0.486 e. The molecule has 0 spiro atoms. The zero-order valence-corrected chi connectivity index (χ0v) is 14.5. The molecule has 4 rings (SSSR count). The molecule has 1 atom stereocenters. The fourth-order valence-corrected chi connectivity index (χ4v) is 3.59. The molecule has 2 heterocycles. The minimum absolute atomic E-state index is 0.129. The van der Waals surface area contributed by atoms with Gasteiger partial charge in [0.05, 0.1) is 11.6 Å². The summed E-state index contributed by atoms with van der Waals surface area (Å²) < 4.78 is 49.3. The second-order valence-electron chi connectivity index (χ2n) is 6.63. The summed E-state index contributed by atoms with van der Waals surface area (Å²) in [5, 5.41) is 0. The van der Waals surface area contributed by atoms with Gasteiger partial charge in [0.1, 0.15) is 13.2 Å². The monoisotopic (exact) mass is 377 g/mol. The van der Waals surface area contributed by atoms with Crippen molar-refractivity contribution in [2.75, 3.05) is 19.8 Å². The van der Waals surface area contributed by atoms with Crippen molar-refractivity contribution in [3.8, 4) is 11.5 Å². The third-order valence-electron chi connectivity index (χ3n) is 4.92. The molecule has 2 aromatic rings. The zero-order valence-electron chi connectivity index (χ0n) is 14.5. The number of benzene rings is 2. The molecule has 142 valence electrons. The van der Waals surface area contributed by atoms with Crippen molar-refractivity contribution in [1.82, 2.24) is 4.90 Å². The number of likely N-dealkylation sites (tertiary alicyclic amines) is 1. The van der Waals surface area contributed by atoms with Gasteiger partial charge < -0.3 is 14.4 Å². The lowest BCUT2D eigenvalue weighted by atomic mass is 10.0. The highest BCUT2D eigenvalue weighted by Crippen LogP contribution is 2.39. The van der Waals surface area contributed by atoms with Crippen LogP contribution in [-0.4, -0.2) is 30.6 Å². The number of hydrogen-bond acceptors (Lipinski definition) is 3. The molecule has 0 saturated carbocycles. The molecule has 0 bridgehead atoms. The molecule has 2 aliphatic rings. The number of carbonyl (C=O) groups excluding carboxylic acids is 1. The summed E-state index contributed by atoms with van der Waals surface area (Å²) in [4.78, 5) is 14.6. The van der Waals surface area contributed by atoms with Crippen molar-refractivity contribution in [3.05, 3.63) is 59.2 Å². The third-order valence-corrected chi connectivity index (χ3v) is 4.92. The molecule has 2 aromatic carbocycles. The van der Waals surface area contributed by atoms with Crippen LogP contribution in [0.4, 0.5) is 13.2 Å². The average Bonchev–Trinajstić information content (AvgIpc) is 3.16. The van der Waals surface area contributed by atoms with Gasteiger partial charge in [0.2, 0.25) is 0 Å². The van der Waals surface area contributed by atoms with Crippen LogP contribution in [0.25, 0.3) is 0 Å². The van der Waals surface area contributed by atoms with Crippen LogP contribution >= 0.6 is 0 Å². The van der Waals surface area contributed by atoms with Gasteiger partial charge >= 0.3 is 6.18 Å². The Morgan fingerprint density at radius 2 is 1.70 bits per heavy atom. The number of rotatable bonds is 2. The largest absolute Gasteiger partial charge is 0.486 e. The fraction of sp³-hybridized carbons (Fsp3) is 0.350. The molecule has 0 radical (unpaired) electrons. The van der Waals surface area contributed by atoms with Crippen LogP contribution in [-0.2, 0) is 6.18 Å². The zero-order chi connectivity index (χ0) is 19.0. The van der Waals surface area contributed by atoms with Crippen LogP contribution in [0, 0.1) is 0 Å². The Balaban J connectivity index is 1.57. The molecule has 4 nitrogen and oxygen atoms in total. The summed E-state index contributed by atoms with van der Waals surface area (Å²) in [6.45, 7) is 1.56. The Kier molecular flexibility index (Phi) is 4.45. The fourth-order valence-electron chi connectivity index (χ4n) is 3.59. The van der Waals surface area contributed by atoms with Crippen LogP contribution < -0.4 is 9.47 Å². The van der Waals surface area contributed by atoms with E-state index >= 15 is 0 Å². The quantitative estimate of drug-likeness (QED) is 0.776. The molecule has 0 aromatic heterocycles. The molecule has 7 heteroatoms. The van der Waals surface area contributed by atoms with Gasteiger partial charge in [-0.2, -0.15) is 13.2 Å². The highest BCUT2D eigenvalue weighted by molar-refractivity contribution is 5.94. The Hall–Kier alpha value is -2.70. The van der Waals surface area contributed by atoms with Gasteiger partial charge in [0.15, 0.2) is 11.5 Å². The summed E-state index contributed by atoms with van der Waals surface area (Å²) >= 11 is 0. The van der Waals surface area contributed by atoms with Crippen LogP contribution in [0.2, 0.25) is 0 Å². The topological polar surface area (TPSA) is 38.8 Å². The Morgan fingerprint density at radius 3 is 2.41 bits per heavy atom. The van der Waals surface area contributed by atoms with Gasteiger partial charge in [-0.05, 0) is 54.8 Å². The number of alkyl halides is 3. The Morgan fingerprint density at radius 1 is 1.00 bits per heavy atom. The van der Waals surface area contributed by atoms with Crippen molar-refractivity contribution in [3.63, 3.8) is 0 Å². The summed E-state index contributed by atoms with van der Waals surface area (Å²) in [5.74, 6) is 1.08. The SMILES string of the molecule is O=C(c1ccc(C(F)(F)F)cc1)N1CCC[C@H]1c1ccc2c(c1)OCCO2. The van der Waals surface area contributed by atoms with E-state index in [2.05, 4.69) is 0 Å². The first-order valence-corrected chi connectivity index (χ1v) is 8.81. The third kappa shape index (κ3) is 3.46. The molecule has 0 unspecified atom stereocenters. The average molecular weight is 377 g/mol. The molecule has 0 N–H and O–H groups in total. The Bertz CT molecular complexity index is 849. The van der Waals surface area contributed by atoms with Crippen molar-refractivity contribution in [2.24, 2.45) is 0 Å². The molecular formula is C20H18F3NO3. The van der Waals surface area contributed by atoms with Crippen LogP contribution in [0.3, 0.4) is 0 Å². The van der Waals surface area contributed by atoms with Gasteiger partial charge in [0.25, 0.3) is 5.91 Å². The highest BCUT2D eigenvalue weighted by Gasteiger charge is 2.33. The van der Waals surface area contributed by atoms with E-state index < -0.39 is 11.7 Å². The van der Waals surface area contributed by atoms with E-state index in [0.717, 1.165) is 30.5 Å². The lowest BCUT2D eigenvalue weighted by Crippen LogP contribution is -2.30. The summed E-state index contributed by atoms with van der Waals surface area (Å²) in [6.07, 6.45) is -2.78. The maximum Gasteiger partial charge on any atom is 0.416 e. The second-order valence-corrected chi connectivity index (χ2v) is 6.63. The summed E-state index contributed by atoms with van der Waals surface area (Å²) in [6, 6.07) is 9.88. The van der Waals surface area contributed by atoms with E-state index in [1.54, 1.807) is 4.90 Å². The molecule has 1 fully saturated rings. The van der Waals surface area contributed by atoms with E-state index in [4.69, 9.17) is 9.47 Å². The molecule has 1 amide bonds. The number of fused-ring (bicyclic) bond motifs is 1. The molecular weight excluding hydrogens is 359 g/mol.